The zero-order valence-electron chi connectivity index (χ0n) is 12.2. The van der Waals surface area contributed by atoms with Crippen molar-refractivity contribution in [3.05, 3.63) is 46.2 Å². The summed E-state index contributed by atoms with van der Waals surface area (Å²) in [6, 6.07) is 9.00. The highest BCUT2D eigenvalue weighted by Gasteiger charge is 2.23. The maximum atomic E-state index is 11.9. The third kappa shape index (κ3) is 2.96. The molecule has 1 atom stereocenters. The fraction of sp³-hybridized carbons (Fsp3) is 0.250. The predicted octanol–water partition coefficient (Wildman–Crippen LogP) is 3.49. The van der Waals surface area contributed by atoms with Crippen molar-refractivity contribution < 1.29 is 19.1 Å². The van der Waals surface area contributed by atoms with E-state index in [1.807, 2.05) is 30.5 Å². The van der Waals surface area contributed by atoms with Crippen LogP contribution in [0.1, 0.15) is 28.6 Å². The lowest BCUT2D eigenvalue weighted by atomic mass is 10.0. The Bertz CT molecular complexity index is 709. The second-order valence-corrected chi connectivity index (χ2v) is 5.84. The summed E-state index contributed by atoms with van der Waals surface area (Å²) in [5.74, 6) is 0.948. The largest absolute Gasteiger partial charge is 0.497 e. The van der Waals surface area contributed by atoms with Crippen LogP contribution in [0.5, 0.6) is 11.5 Å². The van der Waals surface area contributed by atoms with Gasteiger partial charge in [0.1, 0.15) is 22.5 Å². The van der Waals surface area contributed by atoms with Crippen molar-refractivity contribution in [3.63, 3.8) is 0 Å². The molecule has 0 N–H and O–H groups in total. The van der Waals surface area contributed by atoms with Crippen LogP contribution < -0.4 is 9.47 Å². The van der Waals surface area contributed by atoms with Crippen molar-refractivity contribution in [2.24, 2.45) is 5.16 Å². The highest BCUT2D eigenvalue weighted by atomic mass is 32.1. The van der Waals surface area contributed by atoms with Crippen molar-refractivity contribution in [1.82, 2.24) is 0 Å². The highest BCUT2D eigenvalue weighted by molar-refractivity contribution is 7.11. The van der Waals surface area contributed by atoms with E-state index >= 15 is 0 Å². The number of hydrogen-bond acceptors (Lipinski definition) is 6. The van der Waals surface area contributed by atoms with Gasteiger partial charge in [-0.05, 0) is 30.5 Å². The summed E-state index contributed by atoms with van der Waals surface area (Å²) >= 11 is 1.32. The third-order valence-corrected chi connectivity index (χ3v) is 4.12. The molecule has 5 nitrogen and oxygen atoms in total. The van der Waals surface area contributed by atoms with Crippen LogP contribution in [0.3, 0.4) is 0 Å². The lowest BCUT2D eigenvalue weighted by molar-refractivity contribution is 0.0519. The van der Waals surface area contributed by atoms with Crippen LogP contribution in [-0.2, 0) is 4.84 Å². The second-order valence-electron chi connectivity index (χ2n) is 4.89. The van der Waals surface area contributed by atoms with E-state index in [1.165, 1.54) is 11.3 Å². The molecule has 114 valence electrons. The molecule has 22 heavy (non-hydrogen) atoms. The number of rotatable bonds is 3. The molecule has 3 rings (SSSR count). The zero-order valence-corrected chi connectivity index (χ0v) is 13.1. The number of hydrogen-bond donors (Lipinski definition) is 0. The minimum atomic E-state index is -0.447. The molecule has 0 spiro atoms. The van der Waals surface area contributed by atoms with E-state index < -0.39 is 5.97 Å². The smallest absolute Gasteiger partial charge is 0.375 e. The van der Waals surface area contributed by atoms with Crippen molar-refractivity contribution in [2.75, 3.05) is 7.11 Å². The van der Waals surface area contributed by atoms with Crippen LogP contribution in [0, 0.1) is 0 Å². The van der Waals surface area contributed by atoms with Gasteiger partial charge < -0.3 is 14.3 Å². The van der Waals surface area contributed by atoms with Gasteiger partial charge >= 0.3 is 5.97 Å². The number of thiophene rings is 1. The standard InChI is InChI=1S/C16H15NO4S/c1-10-8-13(17-21-16(18)15-4-3-7-22-15)12-6-5-11(19-2)9-14(12)20-10/h3-7,9-10H,8H2,1-2H3/b17-13+/t10-/m1/s1. The normalized spacial score (nSPS) is 18.5. The Morgan fingerprint density at radius 1 is 1.41 bits per heavy atom. The summed E-state index contributed by atoms with van der Waals surface area (Å²) in [4.78, 5) is 17.5. The summed E-state index contributed by atoms with van der Waals surface area (Å²) in [5.41, 5.74) is 1.51. The first-order valence-corrected chi connectivity index (χ1v) is 7.72. The van der Waals surface area contributed by atoms with Gasteiger partial charge in [0.15, 0.2) is 0 Å². The van der Waals surface area contributed by atoms with Crippen LogP contribution in [0.4, 0.5) is 0 Å². The molecule has 1 aliphatic heterocycles. The molecule has 0 aliphatic carbocycles. The summed E-state index contributed by atoms with van der Waals surface area (Å²) < 4.78 is 11.0. The molecule has 0 bridgehead atoms. The number of carbonyl (C=O) groups is 1. The molecule has 6 heteroatoms. The van der Waals surface area contributed by atoms with Crippen molar-refractivity contribution in [1.29, 1.82) is 0 Å². The minimum absolute atomic E-state index is 0.0428. The third-order valence-electron chi connectivity index (χ3n) is 3.27. The molecule has 0 saturated heterocycles. The Morgan fingerprint density at radius 3 is 3.00 bits per heavy atom. The zero-order chi connectivity index (χ0) is 15.5. The van der Waals surface area contributed by atoms with E-state index in [1.54, 1.807) is 19.2 Å². The molecule has 1 aromatic carbocycles. The molecule has 0 saturated carbocycles. The first kappa shape index (κ1) is 14.6. The average Bonchev–Trinajstić information content (AvgIpc) is 3.05. The number of benzene rings is 1. The van der Waals surface area contributed by atoms with Gasteiger partial charge in [0.05, 0.1) is 12.8 Å². The molecule has 0 radical (unpaired) electrons. The average molecular weight is 317 g/mol. The molecule has 0 unspecified atom stereocenters. The lowest BCUT2D eigenvalue weighted by Crippen LogP contribution is -2.25. The summed E-state index contributed by atoms with van der Waals surface area (Å²) in [7, 11) is 1.60. The van der Waals surface area contributed by atoms with Gasteiger partial charge in [0, 0.05) is 18.1 Å². The Hall–Kier alpha value is -2.34. The molecular formula is C16H15NO4S. The van der Waals surface area contributed by atoms with Gasteiger partial charge in [-0.2, -0.15) is 0 Å². The van der Waals surface area contributed by atoms with Gasteiger partial charge in [0.25, 0.3) is 0 Å². The predicted molar refractivity (Wildman–Crippen MR) is 84.0 cm³/mol. The van der Waals surface area contributed by atoms with Gasteiger partial charge in [-0.3, -0.25) is 0 Å². The van der Waals surface area contributed by atoms with Gasteiger partial charge in [-0.25, -0.2) is 4.79 Å². The lowest BCUT2D eigenvalue weighted by Gasteiger charge is -2.24. The topological polar surface area (TPSA) is 57.1 Å². The molecule has 2 heterocycles. The summed E-state index contributed by atoms with van der Waals surface area (Å²) in [6.07, 6.45) is 0.538. The number of oxime groups is 1. The molecule has 1 aliphatic rings. The Labute approximate surface area is 132 Å². The quantitative estimate of drug-likeness (QED) is 0.642. The van der Waals surface area contributed by atoms with E-state index in [-0.39, 0.29) is 6.10 Å². The number of ether oxygens (including phenoxy) is 2. The number of nitrogens with zero attached hydrogens (tertiary/aromatic N) is 1. The van der Waals surface area contributed by atoms with E-state index in [2.05, 4.69) is 5.16 Å². The van der Waals surface area contributed by atoms with Crippen LogP contribution in [0.2, 0.25) is 0 Å². The van der Waals surface area contributed by atoms with Gasteiger partial charge in [-0.15, -0.1) is 11.3 Å². The number of methoxy groups -OCH3 is 1. The SMILES string of the molecule is COc1ccc2c(c1)O[C@H](C)C/C2=N\OC(=O)c1cccs1. The van der Waals surface area contributed by atoms with E-state index in [0.29, 0.717) is 28.5 Å². The summed E-state index contributed by atoms with van der Waals surface area (Å²) in [6.45, 7) is 1.94. The van der Waals surface area contributed by atoms with Gasteiger partial charge in [-0.1, -0.05) is 11.2 Å². The van der Waals surface area contributed by atoms with Crippen LogP contribution >= 0.6 is 11.3 Å². The molecule has 0 fully saturated rings. The fourth-order valence-electron chi connectivity index (χ4n) is 2.23. The van der Waals surface area contributed by atoms with Crippen molar-refractivity contribution in [2.45, 2.75) is 19.4 Å². The first-order valence-electron chi connectivity index (χ1n) is 6.84. The van der Waals surface area contributed by atoms with Crippen molar-refractivity contribution >= 4 is 23.0 Å². The highest BCUT2D eigenvalue weighted by Crippen LogP contribution is 2.31. The van der Waals surface area contributed by atoms with Crippen molar-refractivity contribution in [3.8, 4) is 11.5 Å². The van der Waals surface area contributed by atoms with E-state index in [9.17, 15) is 4.79 Å². The maximum absolute atomic E-state index is 11.9. The Kier molecular flexibility index (Phi) is 4.11. The van der Waals surface area contributed by atoms with E-state index in [4.69, 9.17) is 14.3 Å². The number of fused-ring (bicyclic) bond motifs is 1. The molecule has 0 amide bonds. The fourth-order valence-corrected chi connectivity index (χ4v) is 2.82. The first-order chi connectivity index (χ1) is 10.7. The molecule has 1 aromatic heterocycles. The molecular weight excluding hydrogens is 302 g/mol. The molecule has 2 aromatic rings. The number of carbonyl (C=O) groups excluding carboxylic acids is 1. The van der Waals surface area contributed by atoms with E-state index in [0.717, 1.165) is 5.56 Å². The maximum Gasteiger partial charge on any atom is 0.375 e. The second kappa shape index (κ2) is 6.19. The van der Waals surface area contributed by atoms with Crippen LogP contribution in [0.15, 0.2) is 40.9 Å². The Morgan fingerprint density at radius 2 is 2.27 bits per heavy atom. The van der Waals surface area contributed by atoms with Gasteiger partial charge in [0.2, 0.25) is 0 Å². The monoisotopic (exact) mass is 317 g/mol. The summed E-state index contributed by atoms with van der Waals surface area (Å²) in [5, 5.41) is 5.86. The van der Waals surface area contributed by atoms with Crippen LogP contribution in [-0.4, -0.2) is 24.9 Å². The minimum Gasteiger partial charge on any atom is -0.497 e. The van der Waals surface area contributed by atoms with Crippen LogP contribution in [0.25, 0.3) is 0 Å². The Balaban J connectivity index is 1.85.